The molecule has 0 unspecified atom stereocenters. The number of pyridine rings is 1. The normalized spacial score (nSPS) is 13.5. The molecule has 2 aromatic heterocycles. The number of fused-ring (bicyclic) bond motifs is 3. The smallest absolute Gasteiger partial charge is 0.137 e. The number of anilines is 2. The van der Waals surface area contributed by atoms with Gasteiger partial charge in [0.2, 0.25) is 0 Å². The Morgan fingerprint density at radius 2 is 1.05 bits per heavy atom. The molecule has 0 N–H and O–H groups in total. The molecule has 1 aliphatic rings. The van der Waals surface area contributed by atoms with Gasteiger partial charge in [0.1, 0.15) is 17.3 Å². The molecule has 1 aliphatic heterocycles. The largest absolute Gasteiger partial charge is 0.457 e. The Balaban J connectivity index is 1.02. The van der Waals surface area contributed by atoms with E-state index in [1.165, 1.54) is 33.2 Å². The minimum absolute atomic E-state index is 0.0841. The lowest BCUT2D eigenvalue weighted by Gasteiger charge is -2.28. The van der Waals surface area contributed by atoms with Crippen LogP contribution in [0, 0.1) is 0 Å². The van der Waals surface area contributed by atoms with Crippen LogP contribution in [0.15, 0.2) is 176 Å². The van der Waals surface area contributed by atoms with Gasteiger partial charge >= 0.3 is 0 Å². The van der Waals surface area contributed by atoms with Crippen LogP contribution in [0.3, 0.4) is 0 Å². The minimum atomic E-state index is -0.201. The Morgan fingerprint density at radius 3 is 1.73 bits per heavy atom. The molecule has 3 heterocycles. The van der Waals surface area contributed by atoms with Gasteiger partial charge in [-0.2, -0.15) is 0 Å². The zero-order valence-corrected chi connectivity index (χ0v) is 35.1. The maximum atomic E-state index is 6.84. The first kappa shape index (κ1) is 38.0. The summed E-state index contributed by atoms with van der Waals surface area (Å²) >= 11 is 0. The molecular formula is C54H52N4O. The van der Waals surface area contributed by atoms with Gasteiger partial charge in [-0.25, -0.2) is 4.98 Å². The average molecular weight is 773 g/mol. The molecule has 0 spiro atoms. The number of hydrogen-bond donors (Lipinski definition) is 0. The van der Waals surface area contributed by atoms with E-state index in [1.807, 2.05) is 6.20 Å². The van der Waals surface area contributed by atoms with Crippen LogP contribution in [-0.2, 0) is 16.2 Å². The summed E-state index contributed by atoms with van der Waals surface area (Å²) < 4.78 is 9.12. The van der Waals surface area contributed by atoms with Crippen LogP contribution in [0.4, 0.5) is 11.4 Å². The molecule has 0 saturated carbocycles. The number of aromatic nitrogens is 2. The van der Waals surface area contributed by atoms with E-state index in [9.17, 15) is 0 Å². The second-order valence-electron chi connectivity index (χ2n) is 17.9. The van der Waals surface area contributed by atoms with Crippen molar-refractivity contribution in [2.75, 3.05) is 16.5 Å². The van der Waals surface area contributed by atoms with E-state index < -0.39 is 0 Å². The van der Waals surface area contributed by atoms with Crippen LogP contribution in [0.5, 0.6) is 11.5 Å². The second-order valence-corrected chi connectivity index (χ2v) is 17.9. The van der Waals surface area contributed by atoms with Gasteiger partial charge in [0, 0.05) is 63.7 Å². The fraction of sp³-hybridized carbons (Fsp3) is 0.204. The van der Waals surface area contributed by atoms with Gasteiger partial charge in [0.15, 0.2) is 0 Å². The van der Waals surface area contributed by atoms with Crippen molar-refractivity contribution in [3.63, 3.8) is 0 Å². The Kier molecular flexibility index (Phi) is 9.43. The van der Waals surface area contributed by atoms with Crippen molar-refractivity contribution in [2.24, 2.45) is 0 Å². The van der Waals surface area contributed by atoms with Crippen LogP contribution >= 0.6 is 0 Å². The summed E-state index contributed by atoms with van der Waals surface area (Å²) in [4.78, 5) is 9.54. The van der Waals surface area contributed by atoms with E-state index in [0.29, 0.717) is 6.67 Å². The maximum absolute atomic E-state index is 6.84. The third-order valence-electron chi connectivity index (χ3n) is 12.3. The Bertz CT molecular complexity index is 2810. The van der Waals surface area contributed by atoms with E-state index in [4.69, 9.17) is 9.72 Å². The van der Waals surface area contributed by atoms with Crippen molar-refractivity contribution in [3.8, 4) is 17.3 Å². The Labute approximate surface area is 348 Å². The van der Waals surface area contributed by atoms with E-state index in [1.54, 1.807) is 0 Å². The third-order valence-corrected chi connectivity index (χ3v) is 12.3. The molecule has 0 bridgehead atoms. The van der Waals surface area contributed by atoms with Crippen molar-refractivity contribution < 1.29 is 4.74 Å². The van der Waals surface area contributed by atoms with Crippen LogP contribution in [0.2, 0.25) is 0 Å². The summed E-state index contributed by atoms with van der Waals surface area (Å²) in [6.45, 7) is 16.6. The lowest BCUT2D eigenvalue weighted by Crippen LogP contribution is -2.25. The molecule has 6 aromatic carbocycles. The van der Waals surface area contributed by atoms with Crippen molar-refractivity contribution in [3.05, 3.63) is 204 Å². The summed E-state index contributed by atoms with van der Waals surface area (Å²) in [6.07, 6.45) is 6.27. The molecule has 0 atom stereocenters. The zero-order valence-electron chi connectivity index (χ0n) is 35.1. The van der Waals surface area contributed by atoms with Gasteiger partial charge in [-0.1, -0.05) is 139 Å². The highest BCUT2D eigenvalue weighted by atomic mass is 16.5. The minimum Gasteiger partial charge on any atom is -0.457 e. The number of rotatable bonds is 9. The summed E-state index contributed by atoms with van der Waals surface area (Å²) in [6, 6.07) is 56.4. The van der Waals surface area contributed by atoms with Gasteiger partial charge in [0.25, 0.3) is 0 Å². The highest BCUT2D eigenvalue weighted by molar-refractivity contribution is 6.09. The first-order chi connectivity index (χ1) is 28.4. The van der Waals surface area contributed by atoms with Gasteiger partial charge in [0.05, 0.1) is 17.7 Å². The highest BCUT2D eigenvalue weighted by Crippen LogP contribution is 2.40. The predicted octanol–water partition coefficient (Wildman–Crippen LogP) is 13.7. The SMILES string of the molecule is CC(C)(C)c1cc(Oc2ccc3c4ccccc4n(-c4cc(C(C)(C)c5ccccc5)ccn4)c3c2)cc(N2C=CN(c3ccc(C(C)(C)c4ccccc4)cc3)C2)c1. The highest BCUT2D eigenvalue weighted by Gasteiger charge is 2.26. The molecule has 0 fully saturated rings. The molecule has 9 rings (SSSR count). The second kappa shape index (κ2) is 14.7. The lowest BCUT2D eigenvalue weighted by molar-refractivity contribution is 0.479. The fourth-order valence-corrected chi connectivity index (χ4v) is 8.43. The summed E-state index contributed by atoms with van der Waals surface area (Å²) in [7, 11) is 0. The first-order valence-electron chi connectivity index (χ1n) is 20.6. The number of hydrogen-bond acceptors (Lipinski definition) is 4. The van der Waals surface area contributed by atoms with Crippen LogP contribution in [0.1, 0.15) is 76.3 Å². The summed E-state index contributed by atoms with van der Waals surface area (Å²) in [5.41, 5.74) is 10.3. The third kappa shape index (κ3) is 7.16. The average Bonchev–Trinajstić information content (AvgIpc) is 3.88. The molecule has 5 heteroatoms. The van der Waals surface area contributed by atoms with E-state index in [-0.39, 0.29) is 16.2 Å². The summed E-state index contributed by atoms with van der Waals surface area (Å²) in [5, 5.41) is 2.34. The van der Waals surface area contributed by atoms with E-state index >= 15 is 0 Å². The van der Waals surface area contributed by atoms with Crippen molar-refractivity contribution in [2.45, 2.75) is 64.7 Å². The molecule has 5 nitrogen and oxygen atoms in total. The Hall–Kier alpha value is -6.59. The molecule has 0 aliphatic carbocycles. The monoisotopic (exact) mass is 772 g/mol. The van der Waals surface area contributed by atoms with Gasteiger partial charge in [-0.05, 0) is 87.8 Å². The number of ether oxygens (including phenoxy) is 1. The lowest BCUT2D eigenvalue weighted by atomic mass is 9.78. The zero-order chi connectivity index (χ0) is 40.9. The number of benzene rings is 6. The molecule has 59 heavy (non-hydrogen) atoms. The molecule has 0 saturated heterocycles. The molecular weight excluding hydrogens is 721 g/mol. The van der Waals surface area contributed by atoms with Crippen molar-refractivity contribution in [1.29, 1.82) is 0 Å². The molecule has 0 amide bonds. The van der Waals surface area contributed by atoms with Gasteiger partial charge < -0.3 is 14.5 Å². The van der Waals surface area contributed by atoms with E-state index in [2.05, 4.69) is 233 Å². The quantitative estimate of drug-likeness (QED) is 0.146. The summed E-state index contributed by atoms with van der Waals surface area (Å²) in [5.74, 6) is 2.46. The van der Waals surface area contributed by atoms with Gasteiger partial charge in [-0.3, -0.25) is 4.57 Å². The van der Waals surface area contributed by atoms with Crippen LogP contribution in [-0.4, -0.2) is 16.2 Å². The fourth-order valence-electron chi connectivity index (χ4n) is 8.43. The van der Waals surface area contributed by atoms with Crippen LogP contribution in [0.25, 0.3) is 27.6 Å². The molecule has 0 radical (unpaired) electrons. The Morgan fingerprint density at radius 1 is 0.458 bits per heavy atom. The molecule has 294 valence electrons. The number of para-hydroxylation sites is 1. The van der Waals surface area contributed by atoms with E-state index in [0.717, 1.165) is 45.1 Å². The van der Waals surface area contributed by atoms with Crippen molar-refractivity contribution in [1.82, 2.24) is 9.55 Å². The van der Waals surface area contributed by atoms with Crippen molar-refractivity contribution >= 4 is 33.2 Å². The topological polar surface area (TPSA) is 33.5 Å². The number of nitrogens with zero attached hydrogens (tertiary/aromatic N) is 4. The predicted molar refractivity (Wildman–Crippen MR) is 246 cm³/mol. The van der Waals surface area contributed by atoms with Crippen LogP contribution < -0.4 is 14.5 Å². The first-order valence-corrected chi connectivity index (χ1v) is 20.6. The van der Waals surface area contributed by atoms with Gasteiger partial charge in [-0.15, -0.1) is 0 Å². The standard InChI is InChI=1S/C54H52N4O/c1-52(2,3)42-32-44(57-31-30-56(37-57)43-24-22-40(23-25-43)53(4,5)38-16-10-8-11-17-38)35-46(33-42)59-45-26-27-48-47-20-14-15-21-49(47)58(50(48)36-45)51-34-41(28-29-55-51)54(6,7)39-18-12-9-13-19-39/h8-36H,37H2,1-7H3. The molecule has 8 aromatic rings. The maximum Gasteiger partial charge on any atom is 0.137 e.